The molecule has 18 heavy (non-hydrogen) atoms. The Morgan fingerprint density at radius 1 is 1.22 bits per heavy atom. The van der Waals surface area contributed by atoms with Crippen LogP contribution < -0.4 is 0 Å². The Labute approximate surface area is 109 Å². The monoisotopic (exact) mass is 280 g/mol. The second kappa shape index (κ2) is 7.93. The van der Waals surface area contributed by atoms with Gasteiger partial charge in [-0.1, -0.05) is 27.2 Å². The van der Waals surface area contributed by atoms with Crippen LogP contribution in [0.25, 0.3) is 0 Å². The maximum atomic E-state index is 12.0. The lowest BCUT2D eigenvalue weighted by Gasteiger charge is -2.29. The van der Waals surface area contributed by atoms with E-state index in [-0.39, 0.29) is 18.6 Å². The van der Waals surface area contributed by atoms with Crippen LogP contribution in [0.15, 0.2) is 0 Å². The minimum atomic E-state index is -4.07. The van der Waals surface area contributed by atoms with Gasteiger partial charge in [-0.15, -0.1) is 0 Å². The molecule has 0 saturated heterocycles. The highest BCUT2D eigenvalue weighted by molar-refractivity contribution is 7.51. The average Bonchev–Trinajstić information content (AvgIpc) is 2.30. The van der Waals surface area contributed by atoms with Crippen molar-refractivity contribution in [3.63, 3.8) is 0 Å². The Bertz CT molecular complexity index is 293. The predicted octanol–water partition coefficient (Wildman–Crippen LogP) is 2.70. The molecule has 0 aliphatic heterocycles. The quantitative estimate of drug-likeness (QED) is 0.385. The SMILES string of the molecule is CCCCOC(=O)C(CC)(CC)CCP(=O)(O)O. The lowest BCUT2D eigenvalue weighted by Crippen LogP contribution is -2.33. The number of carbonyl (C=O) groups excluding carboxylic acids is 1. The first-order valence-electron chi connectivity index (χ1n) is 6.53. The molecule has 0 atom stereocenters. The highest BCUT2D eigenvalue weighted by Crippen LogP contribution is 2.42. The molecule has 0 amide bonds. The molecule has 0 aliphatic rings. The fourth-order valence-corrected chi connectivity index (χ4v) is 2.54. The summed E-state index contributed by atoms with van der Waals surface area (Å²) in [5, 5.41) is 0. The van der Waals surface area contributed by atoms with Gasteiger partial charge in [0.1, 0.15) is 0 Å². The number of carbonyl (C=O) groups is 1. The van der Waals surface area contributed by atoms with Crippen LogP contribution in [-0.2, 0) is 14.1 Å². The van der Waals surface area contributed by atoms with Gasteiger partial charge in [0.2, 0.25) is 0 Å². The van der Waals surface area contributed by atoms with Crippen molar-refractivity contribution in [3.8, 4) is 0 Å². The van der Waals surface area contributed by atoms with E-state index in [1.807, 2.05) is 20.8 Å². The van der Waals surface area contributed by atoms with Gasteiger partial charge in [-0.25, -0.2) is 0 Å². The van der Waals surface area contributed by atoms with Gasteiger partial charge in [0, 0.05) is 0 Å². The van der Waals surface area contributed by atoms with Gasteiger partial charge in [0.05, 0.1) is 18.2 Å². The molecular weight excluding hydrogens is 255 g/mol. The van der Waals surface area contributed by atoms with Gasteiger partial charge in [-0.05, 0) is 25.7 Å². The van der Waals surface area contributed by atoms with Crippen molar-refractivity contribution in [1.82, 2.24) is 0 Å². The van der Waals surface area contributed by atoms with E-state index in [1.54, 1.807) is 0 Å². The van der Waals surface area contributed by atoms with E-state index in [0.717, 1.165) is 12.8 Å². The fourth-order valence-electron chi connectivity index (χ4n) is 1.82. The van der Waals surface area contributed by atoms with E-state index in [1.165, 1.54) is 0 Å². The third kappa shape index (κ3) is 5.98. The lowest BCUT2D eigenvalue weighted by molar-refractivity contribution is -0.156. The molecular formula is C12H25O5P. The number of hydrogen-bond donors (Lipinski definition) is 2. The molecule has 6 heteroatoms. The van der Waals surface area contributed by atoms with Crippen LogP contribution in [0.4, 0.5) is 0 Å². The smallest absolute Gasteiger partial charge is 0.325 e. The molecule has 0 spiro atoms. The van der Waals surface area contributed by atoms with Crippen molar-refractivity contribution in [2.75, 3.05) is 12.8 Å². The zero-order valence-corrected chi connectivity index (χ0v) is 12.4. The summed E-state index contributed by atoms with van der Waals surface area (Å²) in [6.07, 6.45) is 2.74. The van der Waals surface area contributed by atoms with Crippen LogP contribution in [0.3, 0.4) is 0 Å². The highest BCUT2D eigenvalue weighted by Gasteiger charge is 2.37. The van der Waals surface area contributed by atoms with E-state index in [0.29, 0.717) is 19.4 Å². The summed E-state index contributed by atoms with van der Waals surface area (Å²) in [6.45, 7) is 6.09. The van der Waals surface area contributed by atoms with E-state index in [2.05, 4.69) is 0 Å². The minimum absolute atomic E-state index is 0.176. The van der Waals surface area contributed by atoms with Gasteiger partial charge in [0.15, 0.2) is 0 Å². The van der Waals surface area contributed by atoms with E-state index in [4.69, 9.17) is 14.5 Å². The number of ether oxygens (including phenoxy) is 1. The van der Waals surface area contributed by atoms with E-state index < -0.39 is 13.0 Å². The normalized spacial score (nSPS) is 12.5. The van der Waals surface area contributed by atoms with Gasteiger partial charge in [0.25, 0.3) is 0 Å². The Kier molecular flexibility index (Phi) is 7.76. The first-order valence-corrected chi connectivity index (χ1v) is 8.33. The van der Waals surface area contributed by atoms with Gasteiger partial charge in [-0.3, -0.25) is 9.36 Å². The van der Waals surface area contributed by atoms with Crippen molar-refractivity contribution >= 4 is 13.6 Å². The van der Waals surface area contributed by atoms with Crippen molar-refractivity contribution in [2.24, 2.45) is 5.41 Å². The third-order valence-electron chi connectivity index (χ3n) is 3.40. The van der Waals surface area contributed by atoms with Gasteiger partial charge >= 0.3 is 13.6 Å². The summed E-state index contributed by atoms with van der Waals surface area (Å²) >= 11 is 0. The van der Waals surface area contributed by atoms with Crippen molar-refractivity contribution < 1.29 is 23.9 Å². The lowest BCUT2D eigenvalue weighted by atomic mass is 9.80. The maximum Gasteiger partial charge on any atom is 0.325 e. The van der Waals surface area contributed by atoms with Crippen LogP contribution in [-0.4, -0.2) is 28.5 Å². The van der Waals surface area contributed by atoms with E-state index >= 15 is 0 Å². The first kappa shape index (κ1) is 17.6. The Hall–Kier alpha value is -0.380. The molecule has 5 nitrogen and oxygen atoms in total. The molecule has 0 unspecified atom stereocenters. The molecule has 0 aromatic carbocycles. The molecule has 0 radical (unpaired) electrons. The van der Waals surface area contributed by atoms with E-state index in [9.17, 15) is 9.36 Å². The van der Waals surface area contributed by atoms with Crippen LogP contribution in [0, 0.1) is 5.41 Å². The fraction of sp³-hybridized carbons (Fsp3) is 0.917. The average molecular weight is 280 g/mol. The first-order chi connectivity index (χ1) is 8.31. The second-order valence-electron chi connectivity index (χ2n) is 4.62. The molecule has 0 bridgehead atoms. The Balaban J connectivity index is 4.58. The number of esters is 1. The van der Waals surface area contributed by atoms with Crippen LogP contribution in [0.1, 0.15) is 52.9 Å². The minimum Gasteiger partial charge on any atom is -0.465 e. The molecule has 2 N–H and O–H groups in total. The molecule has 0 saturated carbocycles. The van der Waals surface area contributed by atoms with Gasteiger partial charge in [-0.2, -0.15) is 0 Å². The van der Waals surface area contributed by atoms with Crippen LogP contribution in [0.5, 0.6) is 0 Å². The van der Waals surface area contributed by atoms with Crippen molar-refractivity contribution in [1.29, 1.82) is 0 Å². The topological polar surface area (TPSA) is 83.8 Å². The third-order valence-corrected chi connectivity index (χ3v) is 4.21. The summed E-state index contributed by atoms with van der Waals surface area (Å²) in [6, 6.07) is 0. The summed E-state index contributed by atoms with van der Waals surface area (Å²) in [7, 11) is -4.07. The summed E-state index contributed by atoms with van der Waals surface area (Å²) < 4.78 is 16.1. The molecule has 0 rings (SSSR count). The standard InChI is InChI=1S/C12H25O5P/c1-4-7-9-17-11(13)12(5-2,6-3)8-10-18(14,15)16/h4-10H2,1-3H3,(H2,14,15,16). The van der Waals surface area contributed by atoms with Crippen LogP contribution >= 0.6 is 7.60 Å². The van der Waals surface area contributed by atoms with Gasteiger partial charge < -0.3 is 14.5 Å². The zero-order chi connectivity index (χ0) is 14.2. The Morgan fingerprint density at radius 3 is 2.17 bits per heavy atom. The maximum absolute atomic E-state index is 12.0. The summed E-state index contributed by atoms with van der Waals surface area (Å²) in [5.74, 6) is -0.325. The Morgan fingerprint density at radius 2 is 1.78 bits per heavy atom. The highest BCUT2D eigenvalue weighted by atomic mass is 31.2. The molecule has 0 fully saturated rings. The summed E-state index contributed by atoms with van der Waals surface area (Å²) in [5.41, 5.74) is -0.755. The zero-order valence-electron chi connectivity index (χ0n) is 11.5. The summed E-state index contributed by atoms with van der Waals surface area (Å²) in [4.78, 5) is 29.9. The second-order valence-corrected chi connectivity index (χ2v) is 6.39. The molecule has 0 aromatic rings. The van der Waals surface area contributed by atoms with Crippen molar-refractivity contribution in [3.05, 3.63) is 0 Å². The molecule has 0 aromatic heterocycles. The number of unbranched alkanes of at least 4 members (excludes halogenated alkanes) is 1. The molecule has 0 aliphatic carbocycles. The number of hydrogen-bond acceptors (Lipinski definition) is 3. The molecule has 108 valence electrons. The number of rotatable bonds is 9. The molecule has 0 heterocycles. The van der Waals surface area contributed by atoms with Crippen molar-refractivity contribution in [2.45, 2.75) is 52.9 Å². The van der Waals surface area contributed by atoms with Crippen LogP contribution in [0.2, 0.25) is 0 Å². The largest absolute Gasteiger partial charge is 0.465 e. The predicted molar refractivity (Wildman–Crippen MR) is 70.4 cm³/mol.